The second-order valence-corrected chi connectivity index (χ2v) is 8.59. The fourth-order valence-corrected chi connectivity index (χ4v) is 4.05. The average molecular weight is 514 g/mol. The van der Waals surface area contributed by atoms with E-state index in [2.05, 4.69) is 9.97 Å². The molecule has 3 aromatic carbocycles. The highest BCUT2D eigenvalue weighted by Gasteiger charge is 2.19. The first-order chi connectivity index (χ1) is 18.3. The average Bonchev–Trinajstić information content (AvgIpc) is 3.36. The summed E-state index contributed by atoms with van der Waals surface area (Å²) >= 11 is 0. The molecule has 0 spiro atoms. The van der Waals surface area contributed by atoms with Gasteiger partial charge in [-0.2, -0.15) is 0 Å². The molecule has 5 aromatic rings. The summed E-state index contributed by atoms with van der Waals surface area (Å²) in [5.74, 6) is -1.59. The molecule has 2 aromatic heterocycles. The molecule has 10 heteroatoms. The van der Waals surface area contributed by atoms with Crippen LogP contribution in [0.4, 0.5) is 8.78 Å². The van der Waals surface area contributed by atoms with E-state index in [4.69, 9.17) is 5.11 Å². The fraction of sp³-hybridized carbons (Fsp3) is 0.0714. The van der Waals surface area contributed by atoms with Crippen molar-refractivity contribution >= 4 is 23.2 Å². The van der Waals surface area contributed by atoms with Crippen LogP contribution in [0.15, 0.2) is 88.5 Å². The maximum Gasteiger partial charge on any atom is 0.333 e. The van der Waals surface area contributed by atoms with Gasteiger partial charge in [0.25, 0.3) is 5.56 Å². The van der Waals surface area contributed by atoms with Crippen molar-refractivity contribution in [3.8, 4) is 11.4 Å². The number of carbonyl (C=O) groups is 1. The largest absolute Gasteiger partial charge is 0.478 e. The van der Waals surface area contributed by atoms with Crippen LogP contribution < -0.4 is 11.2 Å². The third-order valence-electron chi connectivity index (χ3n) is 5.97. The molecule has 5 rings (SSSR count). The molecule has 0 aliphatic carbocycles. The molecular weight excluding hydrogens is 494 g/mol. The third kappa shape index (κ3) is 5.05. The molecule has 0 unspecified atom stereocenters. The summed E-state index contributed by atoms with van der Waals surface area (Å²) in [6, 6.07) is 17.9. The Morgan fingerprint density at radius 2 is 1.39 bits per heavy atom. The Morgan fingerprint density at radius 3 is 1.95 bits per heavy atom. The number of benzene rings is 3. The summed E-state index contributed by atoms with van der Waals surface area (Å²) < 4.78 is 29.2. The maximum atomic E-state index is 13.5. The zero-order valence-electron chi connectivity index (χ0n) is 19.8. The third-order valence-corrected chi connectivity index (χ3v) is 5.97. The number of aromatic amines is 1. The van der Waals surface area contributed by atoms with Crippen molar-refractivity contribution in [1.29, 1.82) is 0 Å². The van der Waals surface area contributed by atoms with E-state index in [0.717, 1.165) is 10.6 Å². The Bertz CT molecular complexity index is 1780. The minimum Gasteiger partial charge on any atom is -0.478 e. The Kier molecular flexibility index (Phi) is 6.53. The molecular formula is C28H20F2N4O4. The molecule has 2 heterocycles. The smallest absolute Gasteiger partial charge is 0.333 e. The van der Waals surface area contributed by atoms with Crippen LogP contribution in [0.3, 0.4) is 0 Å². The molecule has 0 saturated carbocycles. The van der Waals surface area contributed by atoms with Crippen LogP contribution in [0.5, 0.6) is 0 Å². The highest BCUT2D eigenvalue weighted by atomic mass is 19.1. The minimum absolute atomic E-state index is 0.0265. The van der Waals surface area contributed by atoms with Crippen LogP contribution in [0.25, 0.3) is 28.6 Å². The van der Waals surface area contributed by atoms with Crippen molar-refractivity contribution in [3.63, 3.8) is 0 Å². The van der Waals surface area contributed by atoms with Crippen LogP contribution in [-0.4, -0.2) is 30.2 Å². The van der Waals surface area contributed by atoms with Crippen LogP contribution in [0.2, 0.25) is 0 Å². The maximum absolute atomic E-state index is 13.5. The Morgan fingerprint density at radius 1 is 0.842 bits per heavy atom. The molecule has 0 saturated heterocycles. The Labute approximate surface area is 213 Å². The predicted octanol–water partition coefficient (Wildman–Crippen LogP) is 4.03. The quantitative estimate of drug-likeness (QED) is 0.319. The first-order valence-electron chi connectivity index (χ1n) is 11.5. The van der Waals surface area contributed by atoms with Gasteiger partial charge in [-0.25, -0.2) is 23.4 Å². The van der Waals surface area contributed by atoms with Crippen molar-refractivity contribution in [3.05, 3.63) is 128 Å². The van der Waals surface area contributed by atoms with Crippen molar-refractivity contribution < 1.29 is 18.7 Å². The fourth-order valence-electron chi connectivity index (χ4n) is 4.05. The van der Waals surface area contributed by atoms with Gasteiger partial charge in [0.15, 0.2) is 5.52 Å². The molecule has 8 nitrogen and oxygen atoms in total. The van der Waals surface area contributed by atoms with Crippen LogP contribution in [0.1, 0.15) is 16.7 Å². The van der Waals surface area contributed by atoms with Gasteiger partial charge in [0, 0.05) is 11.6 Å². The molecule has 0 bridgehead atoms. The SMILES string of the molecule is O=C(O)C=Cc1ccc(-c2nc3c(=O)n(Cc4ccc(F)cc4)c(=O)n(Cc4ccc(F)cc4)c3[nH]2)cc1. The summed E-state index contributed by atoms with van der Waals surface area (Å²) in [5.41, 5.74) is 1.45. The zero-order valence-corrected chi connectivity index (χ0v) is 19.8. The first-order valence-corrected chi connectivity index (χ1v) is 11.5. The van der Waals surface area contributed by atoms with E-state index in [1.54, 1.807) is 36.4 Å². The van der Waals surface area contributed by atoms with Gasteiger partial charge in [-0.15, -0.1) is 0 Å². The topological polar surface area (TPSA) is 110 Å². The van der Waals surface area contributed by atoms with E-state index in [0.29, 0.717) is 28.1 Å². The van der Waals surface area contributed by atoms with Crippen LogP contribution in [-0.2, 0) is 17.9 Å². The molecule has 190 valence electrons. The van der Waals surface area contributed by atoms with Gasteiger partial charge >= 0.3 is 11.7 Å². The summed E-state index contributed by atoms with van der Waals surface area (Å²) in [7, 11) is 0. The number of aliphatic carboxylic acids is 1. The van der Waals surface area contributed by atoms with E-state index in [-0.39, 0.29) is 24.3 Å². The van der Waals surface area contributed by atoms with Gasteiger partial charge in [-0.1, -0.05) is 48.5 Å². The number of hydrogen-bond donors (Lipinski definition) is 2. The Balaban J connectivity index is 1.63. The van der Waals surface area contributed by atoms with E-state index < -0.39 is 28.9 Å². The number of halogens is 2. The van der Waals surface area contributed by atoms with Crippen molar-refractivity contribution in [2.45, 2.75) is 13.1 Å². The van der Waals surface area contributed by atoms with E-state index in [1.807, 2.05) is 0 Å². The second kappa shape index (κ2) is 10.1. The van der Waals surface area contributed by atoms with Crippen LogP contribution >= 0.6 is 0 Å². The normalized spacial score (nSPS) is 11.4. The number of rotatable bonds is 7. The van der Waals surface area contributed by atoms with Crippen molar-refractivity contribution in [2.24, 2.45) is 0 Å². The number of carboxylic acids is 1. The van der Waals surface area contributed by atoms with E-state index >= 15 is 0 Å². The zero-order chi connectivity index (χ0) is 26.8. The Hall–Kier alpha value is -5.12. The molecule has 38 heavy (non-hydrogen) atoms. The number of imidazole rings is 1. The van der Waals surface area contributed by atoms with E-state index in [1.165, 1.54) is 47.0 Å². The highest BCUT2D eigenvalue weighted by Crippen LogP contribution is 2.20. The summed E-state index contributed by atoms with van der Waals surface area (Å²) in [5, 5.41) is 8.81. The number of H-pyrrole nitrogens is 1. The molecule has 0 fully saturated rings. The monoisotopic (exact) mass is 514 g/mol. The second-order valence-electron chi connectivity index (χ2n) is 8.59. The minimum atomic E-state index is -1.07. The predicted molar refractivity (Wildman–Crippen MR) is 138 cm³/mol. The molecule has 2 N–H and O–H groups in total. The molecule has 0 radical (unpaired) electrons. The highest BCUT2D eigenvalue weighted by molar-refractivity contribution is 5.85. The number of nitrogens with one attached hydrogen (secondary N) is 1. The molecule has 0 aliphatic rings. The van der Waals surface area contributed by atoms with Gasteiger partial charge in [-0.3, -0.25) is 13.9 Å². The lowest BCUT2D eigenvalue weighted by molar-refractivity contribution is -0.131. The number of fused-ring (bicyclic) bond motifs is 1. The number of hydrogen-bond acceptors (Lipinski definition) is 4. The molecule has 0 amide bonds. The number of carboxylic acid groups (broad SMARTS) is 1. The lowest BCUT2D eigenvalue weighted by atomic mass is 10.1. The van der Waals surface area contributed by atoms with Crippen molar-refractivity contribution in [1.82, 2.24) is 19.1 Å². The number of nitrogens with zero attached hydrogens (tertiary/aromatic N) is 3. The van der Waals surface area contributed by atoms with Gasteiger partial charge in [0.2, 0.25) is 0 Å². The standard InChI is InChI=1S/C28H20F2N4O4/c29-21-10-3-18(4-11-21)15-33-26-24(27(37)34(28(33)38)16-19-5-12-22(30)13-6-19)31-25(32-26)20-8-1-17(2-9-20)7-14-23(35)36/h1-14H,15-16H2,(H,31,32)(H,35,36). The first kappa shape index (κ1) is 24.6. The summed E-state index contributed by atoms with van der Waals surface area (Å²) in [6.45, 7) is -0.0516. The van der Waals surface area contributed by atoms with Gasteiger partial charge < -0.3 is 10.1 Å². The molecule has 0 aliphatic heterocycles. The summed E-state index contributed by atoms with van der Waals surface area (Å²) in [6.07, 6.45) is 2.47. The van der Waals surface area contributed by atoms with Gasteiger partial charge in [0.1, 0.15) is 23.1 Å². The lowest BCUT2D eigenvalue weighted by Crippen LogP contribution is -2.40. The lowest BCUT2D eigenvalue weighted by Gasteiger charge is -2.12. The molecule has 0 atom stereocenters. The van der Waals surface area contributed by atoms with Gasteiger partial charge in [-0.05, 0) is 47.0 Å². The van der Waals surface area contributed by atoms with Crippen LogP contribution in [0, 0.1) is 11.6 Å². The van der Waals surface area contributed by atoms with Gasteiger partial charge in [0.05, 0.1) is 13.1 Å². The van der Waals surface area contributed by atoms with Crippen molar-refractivity contribution in [2.75, 3.05) is 0 Å². The number of aromatic nitrogens is 4. The summed E-state index contributed by atoms with van der Waals surface area (Å²) in [4.78, 5) is 45.2. The van der Waals surface area contributed by atoms with E-state index in [9.17, 15) is 23.2 Å².